The van der Waals surface area contributed by atoms with Crippen LogP contribution in [0.15, 0.2) is 24.3 Å². The Balaban J connectivity index is 3.44. The monoisotopic (exact) mass is 244 g/mol. The topological polar surface area (TPSA) is 60.7 Å². The van der Waals surface area contributed by atoms with Gasteiger partial charge in [-0.1, -0.05) is 0 Å². The molecular formula is C12H21O3P. The van der Waals surface area contributed by atoms with Crippen LogP contribution in [0.3, 0.4) is 0 Å². The van der Waals surface area contributed by atoms with E-state index in [9.17, 15) is 14.7 Å². The average Bonchev–Trinajstić information content (AvgIpc) is 2.17. The fourth-order valence-electron chi connectivity index (χ4n) is 1.64. The Bertz CT molecular complexity index is 377. The predicted molar refractivity (Wildman–Crippen MR) is 68.9 cm³/mol. The van der Waals surface area contributed by atoms with Crippen molar-refractivity contribution in [3.8, 4) is 0 Å². The summed E-state index contributed by atoms with van der Waals surface area (Å²) in [6.45, 7) is 7.17. The van der Waals surface area contributed by atoms with E-state index in [0.717, 1.165) is 5.56 Å². The van der Waals surface area contributed by atoms with Crippen molar-refractivity contribution in [2.45, 2.75) is 39.3 Å². The molecule has 0 atom stereocenters. The molecule has 0 saturated carbocycles. The Morgan fingerprint density at radius 2 is 1.44 bits per heavy atom. The summed E-state index contributed by atoms with van der Waals surface area (Å²) in [4.78, 5) is 30.6. The summed E-state index contributed by atoms with van der Waals surface area (Å²) in [5.74, 6) is 0.142. The van der Waals surface area contributed by atoms with Crippen LogP contribution in [0, 0.1) is 0 Å². The van der Waals surface area contributed by atoms with Gasteiger partial charge < -0.3 is 0 Å². The average molecular weight is 244 g/mol. The third kappa shape index (κ3) is 2.28. The Labute approximate surface area is 96.9 Å². The molecule has 0 aromatic heterocycles. The van der Waals surface area contributed by atoms with E-state index in [1.165, 1.54) is 0 Å². The predicted octanol–water partition coefficient (Wildman–Crippen LogP) is 2.12. The van der Waals surface area contributed by atoms with E-state index < -0.39 is 12.9 Å². The van der Waals surface area contributed by atoms with Gasteiger partial charge in [0.25, 0.3) is 0 Å². The molecule has 16 heavy (non-hydrogen) atoms. The van der Waals surface area contributed by atoms with Gasteiger partial charge in [0.05, 0.1) is 0 Å². The van der Waals surface area contributed by atoms with Gasteiger partial charge in [0.15, 0.2) is 0 Å². The molecule has 0 heterocycles. The minimum absolute atomic E-state index is 0.142. The summed E-state index contributed by atoms with van der Waals surface area (Å²) in [7, 11) is -4.74. The van der Waals surface area contributed by atoms with E-state index in [4.69, 9.17) is 0 Å². The van der Waals surface area contributed by atoms with E-state index in [0.29, 0.717) is 5.30 Å². The second-order valence-electron chi connectivity index (χ2n) is 4.85. The maximum atomic E-state index is 10.2. The van der Waals surface area contributed by atoms with Crippen LogP contribution in [-0.4, -0.2) is 20.3 Å². The van der Waals surface area contributed by atoms with Crippen molar-refractivity contribution in [2.75, 3.05) is 0 Å². The normalized spacial score (nSPS) is 15.2. The Morgan fingerprint density at radius 3 is 1.88 bits per heavy atom. The molecule has 1 rings (SSSR count). The van der Waals surface area contributed by atoms with Crippen LogP contribution in [0.5, 0.6) is 0 Å². The first-order valence-corrected chi connectivity index (χ1v) is 7.67. The number of hydrogen-bond donors (Lipinski definition) is 3. The molecule has 0 unspecified atom stereocenters. The quantitative estimate of drug-likeness (QED) is 0.714. The molecule has 0 spiro atoms. The number of rotatable bonds is 3. The molecular weight excluding hydrogens is 223 g/mol. The van der Waals surface area contributed by atoms with E-state index in [-0.39, 0.29) is 5.92 Å². The van der Waals surface area contributed by atoms with E-state index in [1.54, 1.807) is 26.0 Å². The molecule has 0 fully saturated rings. The zero-order valence-electron chi connectivity index (χ0n) is 10.3. The van der Waals surface area contributed by atoms with E-state index in [1.807, 2.05) is 26.0 Å². The van der Waals surface area contributed by atoms with E-state index in [2.05, 4.69) is 0 Å². The fraction of sp³-hybridized carbons (Fsp3) is 0.500. The SMILES string of the molecule is CC(C)c1ccccc1P(O)(O)(O)C(C)C. The second kappa shape index (κ2) is 4.08. The summed E-state index contributed by atoms with van der Waals surface area (Å²) in [5, 5.41) is 0.290. The molecule has 0 aliphatic rings. The Morgan fingerprint density at radius 1 is 0.938 bits per heavy atom. The van der Waals surface area contributed by atoms with Gasteiger partial charge >= 0.3 is 96.4 Å². The molecule has 0 radical (unpaired) electrons. The summed E-state index contributed by atoms with van der Waals surface area (Å²) in [5.41, 5.74) is 0.201. The zero-order valence-corrected chi connectivity index (χ0v) is 11.1. The molecule has 3 nitrogen and oxygen atoms in total. The summed E-state index contributed by atoms with van der Waals surface area (Å²) < 4.78 is 0. The van der Waals surface area contributed by atoms with Gasteiger partial charge in [-0.2, -0.15) is 0 Å². The number of hydrogen-bond acceptors (Lipinski definition) is 3. The van der Waals surface area contributed by atoms with Crippen molar-refractivity contribution >= 4 is 12.6 Å². The van der Waals surface area contributed by atoms with Crippen molar-refractivity contribution in [1.82, 2.24) is 0 Å². The summed E-state index contributed by atoms with van der Waals surface area (Å²) in [6.07, 6.45) is 0. The van der Waals surface area contributed by atoms with Crippen molar-refractivity contribution < 1.29 is 14.7 Å². The molecule has 1 aromatic carbocycles. The van der Waals surface area contributed by atoms with Crippen LogP contribution in [0.4, 0.5) is 0 Å². The van der Waals surface area contributed by atoms with Crippen LogP contribution in [0.1, 0.15) is 39.2 Å². The standard InChI is InChI=1S/C12H21O3P/c1-9(2)11-7-5-6-8-12(11)16(13,14,15)10(3)4/h5-10,13-15H,1-4H3. The molecule has 92 valence electrons. The third-order valence-corrected chi connectivity index (χ3v) is 6.21. The van der Waals surface area contributed by atoms with Gasteiger partial charge in [0.2, 0.25) is 0 Å². The number of benzene rings is 1. The minimum atomic E-state index is -4.74. The first-order valence-electron chi connectivity index (χ1n) is 5.51. The molecule has 0 aliphatic carbocycles. The van der Waals surface area contributed by atoms with Crippen LogP contribution in [-0.2, 0) is 0 Å². The van der Waals surface area contributed by atoms with Crippen LogP contribution in [0.2, 0.25) is 0 Å². The molecule has 3 N–H and O–H groups in total. The third-order valence-electron chi connectivity index (χ3n) is 2.97. The van der Waals surface area contributed by atoms with Gasteiger partial charge in [-0.25, -0.2) is 0 Å². The summed E-state index contributed by atoms with van der Waals surface area (Å²) >= 11 is 0. The van der Waals surface area contributed by atoms with Crippen LogP contribution in [0.25, 0.3) is 0 Å². The van der Waals surface area contributed by atoms with Gasteiger partial charge in [0.1, 0.15) is 0 Å². The molecule has 0 saturated heterocycles. The maximum absolute atomic E-state index is 10.2. The molecule has 0 aliphatic heterocycles. The molecule has 0 amide bonds. The van der Waals surface area contributed by atoms with Crippen LogP contribution >= 0.6 is 7.28 Å². The van der Waals surface area contributed by atoms with Gasteiger partial charge in [0, 0.05) is 0 Å². The molecule has 4 heteroatoms. The van der Waals surface area contributed by atoms with Crippen LogP contribution < -0.4 is 5.30 Å². The zero-order chi connectivity index (χ0) is 12.6. The Hall–Kier alpha value is -0.470. The van der Waals surface area contributed by atoms with Crippen molar-refractivity contribution in [3.05, 3.63) is 29.8 Å². The van der Waals surface area contributed by atoms with Crippen molar-refractivity contribution in [2.24, 2.45) is 0 Å². The first kappa shape index (κ1) is 13.6. The van der Waals surface area contributed by atoms with Gasteiger partial charge in [-0.3, -0.25) is 0 Å². The van der Waals surface area contributed by atoms with Gasteiger partial charge in [-0.15, -0.1) is 0 Å². The Kier molecular flexibility index (Phi) is 3.47. The fourth-order valence-corrected chi connectivity index (χ4v) is 3.40. The van der Waals surface area contributed by atoms with Crippen molar-refractivity contribution in [3.63, 3.8) is 0 Å². The summed E-state index contributed by atoms with van der Waals surface area (Å²) in [6, 6.07) is 6.99. The van der Waals surface area contributed by atoms with E-state index >= 15 is 0 Å². The molecule has 1 aromatic rings. The van der Waals surface area contributed by atoms with Gasteiger partial charge in [-0.05, 0) is 0 Å². The molecule has 0 bridgehead atoms. The first-order chi connectivity index (χ1) is 7.15. The second-order valence-corrected chi connectivity index (χ2v) is 8.45. The van der Waals surface area contributed by atoms with Crippen molar-refractivity contribution in [1.29, 1.82) is 0 Å².